The molecule has 0 fully saturated rings. The van der Waals surface area contributed by atoms with Crippen LogP contribution in [0.5, 0.6) is 0 Å². The Bertz CT molecular complexity index is 804. The van der Waals surface area contributed by atoms with Gasteiger partial charge in [-0.3, -0.25) is 4.79 Å². The molecule has 0 spiro atoms. The molecule has 0 atom stereocenters. The number of carbonyl (C=O) groups excluding carboxylic acids is 1. The Morgan fingerprint density at radius 3 is 2.78 bits per heavy atom. The number of hydrogen-bond acceptors (Lipinski definition) is 4. The number of pyridine rings is 1. The van der Waals surface area contributed by atoms with Gasteiger partial charge in [0, 0.05) is 22.8 Å². The summed E-state index contributed by atoms with van der Waals surface area (Å²) in [4.78, 5) is 13.3. The molecule has 0 unspecified atom stereocenters. The maximum atomic E-state index is 12.3. The van der Waals surface area contributed by atoms with Gasteiger partial charge in [0.1, 0.15) is 0 Å². The van der Waals surface area contributed by atoms with Crippen LogP contribution in [0.2, 0.25) is 0 Å². The first-order valence-electron chi connectivity index (χ1n) is 6.96. The Hall–Kier alpha value is -2.31. The lowest BCUT2D eigenvalue weighted by atomic mass is 10.3. The Balaban J connectivity index is 1.75. The molecule has 3 aromatic rings. The van der Waals surface area contributed by atoms with Crippen molar-refractivity contribution in [1.82, 2.24) is 0 Å². The maximum Gasteiger partial charge on any atom is 0.321 e. The third kappa shape index (κ3) is 3.91. The Morgan fingerprint density at radius 1 is 1.17 bits per heavy atom. The van der Waals surface area contributed by atoms with Gasteiger partial charge in [-0.2, -0.15) is 16.1 Å². The zero-order valence-corrected chi connectivity index (χ0v) is 13.8. The van der Waals surface area contributed by atoms with E-state index in [0.717, 1.165) is 10.6 Å². The molecule has 2 heterocycles. The normalized spacial score (nSPS) is 10.4. The summed E-state index contributed by atoms with van der Waals surface area (Å²) in [6.07, 6.45) is 1.31. The van der Waals surface area contributed by atoms with Crippen LogP contribution in [-0.2, 0) is 5.75 Å². The molecule has 3 rings (SSSR count). The number of nitrogens with zero attached hydrogens (tertiary/aromatic N) is 1. The van der Waals surface area contributed by atoms with Crippen molar-refractivity contribution in [1.29, 1.82) is 0 Å². The van der Waals surface area contributed by atoms with Crippen LogP contribution in [-0.4, -0.2) is 5.91 Å². The van der Waals surface area contributed by atoms with E-state index in [2.05, 4.69) is 16.8 Å². The van der Waals surface area contributed by atoms with Crippen LogP contribution >= 0.6 is 23.1 Å². The number of para-hydroxylation sites is 1. The van der Waals surface area contributed by atoms with Crippen molar-refractivity contribution in [3.8, 4) is 0 Å². The van der Waals surface area contributed by atoms with Gasteiger partial charge in [0.15, 0.2) is 6.20 Å². The van der Waals surface area contributed by atoms with Crippen LogP contribution in [0.4, 0.5) is 5.69 Å². The van der Waals surface area contributed by atoms with E-state index < -0.39 is 5.91 Å². The van der Waals surface area contributed by atoms with Crippen molar-refractivity contribution >= 4 is 34.7 Å². The highest BCUT2D eigenvalue weighted by atomic mass is 32.2. The second-order valence-corrected chi connectivity index (χ2v) is 6.58. The average Bonchev–Trinajstić information content (AvgIpc) is 3.08. The molecule has 1 N–H and O–H groups in total. The topological polar surface area (TPSA) is 56.0 Å². The lowest BCUT2D eigenvalue weighted by molar-refractivity contribution is -0.607. The lowest BCUT2D eigenvalue weighted by Gasteiger charge is -2.10. The number of nitrogens with one attached hydrogen (secondary N) is 1. The first-order chi connectivity index (χ1) is 11.2. The smallest absolute Gasteiger partial charge is 0.321 e. The molecule has 0 aliphatic rings. The van der Waals surface area contributed by atoms with E-state index in [9.17, 15) is 10.0 Å². The third-order valence-corrected chi connectivity index (χ3v) is 5.04. The van der Waals surface area contributed by atoms with Crippen LogP contribution in [0.1, 0.15) is 16.1 Å². The fourth-order valence-corrected chi connectivity index (χ4v) is 3.75. The standard InChI is InChI=1S/C17H14N2O2S2/c20-17(15-6-3-4-9-19(15)21)18-14-5-1-2-7-16(14)23-12-13-8-10-22-11-13/h1-11H,12H2,(H,18,20). The SMILES string of the molecule is O=C(Nc1ccccc1SCc1ccsc1)c1cccc[n+]1[O-]. The highest BCUT2D eigenvalue weighted by Gasteiger charge is 2.16. The van der Waals surface area contributed by atoms with E-state index in [1.807, 2.05) is 29.6 Å². The van der Waals surface area contributed by atoms with Crippen molar-refractivity contribution < 1.29 is 9.52 Å². The van der Waals surface area contributed by atoms with E-state index in [0.29, 0.717) is 10.4 Å². The maximum absolute atomic E-state index is 12.3. The molecular formula is C17H14N2O2S2. The predicted molar refractivity (Wildman–Crippen MR) is 93.7 cm³/mol. The van der Waals surface area contributed by atoms with Crippen LogP contribution in [0.25, 0.3) is 0 Å². The van der Waals surface area contributed by atoms with Crippen LogP contribution in [0.15, 0.2) is 70.4 Å². The second kappa shape index (κ2) is 7.30. The van der Waals surface area contributed by atoms with Gasteiger partial charge in [-0.25, -0.2) is 0 Å². The zero-order valence-electron chi connectivity index (χ0n) is 12.1. The number of thioether (sulfide) groups is 1. The number of hydrogen-bond donors (Lipinski definition) is 1. The summed E-state index contributed by atoms with van der Waals surface area (Å²) < 4.78 is 0.566. The molecule has 0 aliphatic heterocycles. The molecule has 0 bridgehead atoms. The summed E-state index contributed by atoms with van der Waals surface area (Å²) in [5.74, 6) is 0.424. The van der Waals surface area contributed by atoms with E-state index in [4.69, 9.17) is 0 Å². The monoisotopic (exact) mass is 342 g/mol. The lowest BCUT2D eigenvalue weighted by Crippen LogP contribution is -2.36. The molecule has 116 valence electrons. The molecule has 2 aromatic heterocycles. The Labute approximate surface area is 142 Å². The minimum atomic E-state index is -0.413. The van der Waals surface area contributed by atoms with E-state index >= 15 is 0 Å². The first-order valence-corrected chi connectivity index (χ1v) is 8.89. The molecule has 0 saturated heterocycles. The number of benzene rings is 1. The van der Waals surface area contributed by atoms with Crippen molar-refractivity contribution in [2.45, 2.75) is 10.6 Å². The molecule has 23 heavy (non-hydrogen) atoms. The van der Waals surface area contributed by atoms with Gasteiger partial charge >= 0.3 is 5.91 Å². The van der Waals surface area contributed by atoms with Gasteiger partial charge in [0.25, 0.3) is 5.69 Å². The molecule has 6 heteroatoms. The van der Waals surface area contributed by atoms with Gasteiger partial charge in [0.2, 0.25) is 0 Å². The van der Waals surface area contributed by atoms with E-state index in [1.165, 1.54) is 17.8 Å². The van der Waals surface area contributed by atoms with Crippen LogP contribution in [0.3, 0.4) is 0 Å². The summed E-state index contributed by atoms with van der Waals surface area (Å²) in [6.45, 7) is 0. The zero-order chi connectivity index (χ0) is 16.1. The summed E-state index contributed by atoms with van der Waals surface area (Å²) in [6, 6.07) is 14.4. The van der Waals surface area contributed by atoms with E-state index in [-0.39, 0.29) is 5.69 Å². The van der Waals surface area contributed by atoms with E-state index in [1.54, 1.807) is 35.2 Å². The second-order valence-electron chi connectivity index (χ2n) is 4.78. The summed E-state index contributed by atoms with van der Waals surface area (Å²) >= 11 is 3.32. The average molecular weight is 342 g/mol. The quantitative estimate of drug-likeness (QED) is 0.434. The number of amides is 1. The van der Waals surface area contributed by atoms with Gasteiger partial charge in [-0.05, 0) is 40.6 Å². The predicted octanol–water partition coefficient (Wildman–Crippen LogP) is 3.93. The largest absolute Gasteiger partial charge is 0.618 e. The number of carbonyl (C=O) groups is 1. The van der Waals surface area contributed by atoms with Gasteiger partial charge < -0.3 is 10.5 Å². The number of aromatic nitrogens is 1. The fraction of sp³-hybridized carbons (Fsp3) is 0.0588. The molecule has 0 saturated carbocycles. The van der Waals surface area contributed by atoms with Crippen molar-refractivity contribution in [3.05, 3.63) is 82.0 Å². The summed E-state index contributed by atoms with van der Waals surface area (Å²) in [7, 11) is 0. The van der Waals surface area contributed by atoms with Crippen LogP contribution in [0, 0.1) is 5.21 Å². The van der Waals surface area contributed by atoms with Gasteiger partial charge in [0.05, 0.1) is 5.69 Å². The molecular weight excluding hydrogens is 328 g/mol. The number of rotatable bonds is 5. The highest BCUT2D eigenvalue weighted by molar-refractivity contribution is 7.98. The molecule has 4 nitrogen and oxygen atoms in total. The Kier molecular flexibility index (Phi) is 4.95. The highest BCUT2D eigenvalue weighted by Crippen LogP contribution is 2.30. The van der Waals surface area contributed by atoms with Crippen LogP contribution < -0.4 is 10.0 Å². The molecule has 1 aromatic carbocycles. The minimum absolute atomic E-state index is 0.0742. The fourth-order valence-electron chi connectivity index (χ4n) is 2.02. The van der Waals surface area contributed by atoms with Gasteiger partial charge in [-0.1, -0.05) is 12.1 Å². The minimum Gasteiger partial charge on any atom is -0.618 e. The first kappa shape index (κ1) is 15.6. The van der Waals surface area contributed by atoms with Gasteiger partial charge in [-0.15, -0.1) is 11.8 Å². The number of anilines is 1. The molecule has 0 aliphatic carbocycles. The molecule has 1 amide bonds. The van der Waals surface area contributed by atoms with Crippen molar-refractivity contribution in [2.75, 3.05) is 5.32 Å². The number of thiophene rings is 1. The summed E-state index contributed by atoms with van der Waals surface area (Å²) in [5, 5.41) is 18.6. The molecule has 0 radical (unpaired) electrons. The van der Waals surface area contributed by atoms with Crippen molar-refractivity contribution in [3.63, 3.8) is 0 Å². The Morgan fingerprint density at radius 2 is 2.00 bits per heavy atom. The summed E-state index contributed by atoms with van der Waals surface area (Å²) in [5.41, 5.74) is 2.04. The van der Waals surface area contributed by atoms with Crippen molar-refractivity contribution in [2.24, 2.45) is 0 Å². The third-order valence-electron chi connectivity index (χ3n) is 3.17.